The predicted molar refractivity (Wildman–Crippen MR) is 85.6 cm³/mol. The smallest absolute Gasteiger partial charge is 0.251 e. The number of rotatable bonds is 4. The highest BCUT2D eigenvalue weighted by Crippen LogP contribution is 2.37. The summed E-state index contributed by atoms with van der Waals surface area (Å²) in [7, 11) is 0. The number of carbonyl (C=O) groups excluding carboxylic acids is 1. The molecule has 3 heterocycles. The third-order valence-electron chi connectivity index (χ3n) is 5.22. The van der Waals surface area contributed by atoms with Crippen LogP contribution in [-0.2, 0) is 0 Å². The Bertz CT molecular complexity index is 566. The second-order valence-corrected chi connectivity index (χ2v) is 6.85. The number of amides is 1. The summed E-state index contributed by atoms with van der Waals surface area (Å²) in [6.45, 7) is 5.22. The summed E-state index contributed by atoms with van der Waals surface area (Å²) in [6, 6.07) is 4.51. The van der Waals surface area contributed by atoms with Gasteiger partial charge in [-0.3, -0.25) is 9.69 Å². The average Bonchev–Trinajstić information content (AvgIpc) is 2.55. The Morgan fingerprint density at radius 1 is 1.50 bits per heavy atom. The van der Waals surface area contributed by atoms with Crippen LogP contribution in [0.25, 0.3) is 0 Å². The molecule has 22 heavy (non-hydrogen) atoms. The van der Waals surface area contributed by atoms with E-state index in [1.54, 1.807) is 0 Å². The van der Waals surface area contributed by atoms with Gasteiger partial charge in [-0.15, -0.1) is 0 Å². The van der Waals surface area contributed by atoms with Gasteiger partial charge < -0.3 is 5.32 Å². The summed E-state index contributed by atoms with van der Waals surface area (Å²) in [5, 5.41) is 2.96. The fraction of sp³-hybridized carbons (Fsp3) is 0.588. The van der Waals surface area contributed by atoms with Crippen LogP contribution in [0.3, 0.4) is 0 Å². The lowest BCUT2D eigenvalue weighted by Crippen LogP contribution is -2.56. The zero-order valence-electron chi connectivity index (χ0n) is 12.8. The van der Waals surface area contributed by atoms with Crippen LogP contribution in [0.1, 0.15) is 36.5 Å². The largest absolute Gasteiger partial charge is 0.350 e. The van der Waals surface area contributed by atoms with Crippen LogP contribution < -0.4 is 5.32 Å². The third-order valence-corrected chi connectivity index (χ3v) is 5.51. The molecule has 1 aromatic rings. The lowest BCUT2D eigenvalue weighted by molar-refractivity contribution is 0.000726. The molecule has 0 aromatic heterocycles. The van der Waals surface area contributed by atoms with E-state index in [0.29, 0.717) is 18.2 Å². The van der Waals surface area contributed by atoms with Crippen LogP contribution in [0.15, 0.2) is 18.2 Å². The van der Waals surface area contributed by atoms with E-state index >= 15 is 0 Å². The van der Waals surface area contributed by atoms with Crippen molar-refractivity contribution in [3.8, 4) is 0 Å². The molecule has 1 aromatic carbocycles. The highest BCUT2D eigenvalue weighted by atomic mass is 35.5. The molecule has 120 valence electrons. The van der Waals surface area contributed by atoms with Crippen LogP contribution >= 0.6 is 11.6 Å². The summed E-state index contributed by atoms with van der Waals surface area (Å²) in [5.74, 6) is 0.935. The lowest BCUT2D eigenvalue weighted by atomic mass is 9.74. The second-order valence-electron chi connectivity index (χ2n) is 6.44. The maximum absolute atomic E-state index is 13.1. The van der Waals surface area contributed by atoms with E-state index in [-0.39, 0.29) is 10.9 Å². The van der Waals surface area contributed by atoms with Gasteiger partial charge in [0.25, 0.3) is 5.91 Å². The molecule has 3 aliphatic rings. The van der Waals surface area contributed by atoms with Crippen LogP contribution in [0.4, 0.5) is 4.39 Å². The average molecular weight is 325 g/mol. The van der Waals surface area contributed by atoms with Gasteiger partial charge in [-0.1, -0.05) is 24.9 Å². The predicted octanol–water partition coefficient (Wildman–Crippen LogP) is 3.33. The quantitative estimate of drug-likeness (QED) is 0.921. The van der Waals surface area contributed by atoms with Crippen molar-refractivity contribution in [1.82, 2.24) is 10.2 Å². The molecule has 3 aliphatic heterocycles. The van der Waals surface area contributed by atoms with Crippen molar-refractivity contribution in [3.05, 3.63) is 34.6 Å². The van der Waals surface area contributed by atoms with Gasteiger partial charge in [0.15, 0.2) is 0 Å². The van der Waals surface area contributed by atoms with E-state index in [9.17, 15) is 9.18 Å². The Hall–Kier alpha value is -1.13. The third kappa shape index (κ3) is 3.13. The molecule has 0 spiro atoms. The van der Waals surface area contributed by atoms with Gasteiger partial charge in [0.1, 0.15) is 5.82 Å². The van der Waals surface area contributed by atoms with Gasteiger partial charge in [-0.05, 0) is 49.4 Å². The van der Waals surface area contributed by atoms with Gasteiger partial charge in [0, 0.05) is 24.7 Å². The number of nitrogens with zero attached hydrogens (tertiary/aromatic N) is 1. The molecule has 0 saturated carbocycles. The Labute approximate surface area is 135 Å². The van der Waals surface area contributed by atoms with Gasteiger partial charge in [0.05, 0.1) is 5.02 Å². The molecular formula is C17H22ClFN2O. The number of hydrogen-bond acceptors (Lipinski definition) is 2. The maximum Gasteiger partial charge on any atom is 0.251 e. The minimum absolute atomic E-state index is 0.0149. The molecule has 0 aliphatic carbocycles. The zero-order valence-corrected chi connectivity index (χ0v) is 13.6. The number of piperidine rings is 3. The summed E-state index contributed by atoms with van der Waals surface area (Å²) < 4.78 is 13.1. The van der Waals surface area contributed by atoms with Crippen molar-refractivity contribution < 1.29 is 9.18 Å². The van der Waals surface area contributed by atoms with E-state index in [1.807, 2.05) is 0 Å². The van der Waals surface area contributed by atoms with Gasteiger partial charge in [-0.2, -0.15) is 0 Å². The molecule has 3 saturated heterocycles. The Morgan fingerprint density at radius 2 is 2.32 bits per heavy atom. The van der Waals surface area contributed by atoms with Gasteiger partial charge >= 0.3 is 0 Å². The van der Waals surface area contributed by atoms with Crippen molar-refractivity contribution >= 4 is 17.5 Å². The van der Waals surface area contributed by atoms with Gasteiger partial charge in [0.2, 0.25) is 0 Å². The molecular weight excluding hydrogens is 303 g/mol. The van der Waals surface area contributed by atoms with Crippen molar-refractivity contribution in [2.75, 3.05) is 19.6 Å². The summed E-state index contributed by atoms with van der Waals surface area (Å²) in [6.07, 6.45) is 3.70. The van der Waals surface area contributed by atoms with E-state index in [2.05, 4.69) is 17.1 Å². The minimum Gasteiger partial charge on any atom is -0.350 e. The first-order chi connectivity index (χ1) is 10.6. The number of carbonyl (C=O) groups is 1. The van der Waals surface area contributed by atoms with E-state index < -0.39 is 5.82 Å². The zero-order chi connectivity index (χ0) is 15.7. The second kappa shape index (κ2) is 6.55. The Kier molecular flexibility index (Phi) is 4.69. The molecule has 1 N–H and O–H groups in total. The molecule has 2 bridgehead atoms. The van der Waals surface area contributed by atoms with Crippen LogP contribution in [-0.4, -0.2) is 36.5 Å². The normalized spacial score (nSPS) is 30.3. The summed E-state index contributed by atoms with van der Waals surface area (Å²) in [4.78, 5) is 14.7. The monoisotopic (exact) mass is 324 g/mol. The van der Waals surface area contributed by atoms with E-state index in [4.69, 9.17) is 11.6 Å². The standard InChI is InChI=1S/C17H22ClFN2O/c1-2-11-10-21-6-5-12(11)7-14(21)9-20-17(22)13-3-4-16(19)15(18)8-13/h3-4,8,11-12,14H,2,5-7,9-10H2,1H3,(H,20,22)/t11-,12+,14-/m1/s1. The number of nitrogens with one attached hydrogen (secondary N) is 1. The minimum atomic E-state index is -0.500. The molecule has 1 unspecified atom stereocenters. The molecule has 0 radical (unpaired) electrons. The van der Waals surface area contributed by atoms with E-state index in [1.165, 1.54) is 37.5 Å². The Balaban J connectivity index is 1.57. The summed E-state index contributed by atoms with van der Waals surface area (Å²) in [5.41, 5.74) is 0.411. The maximum atomic E-state index is 13.1. The molecule has 1 amide bonds. The topological polar surface area (TPSA) is 32.3 Å². The summed E-state index contributed by atoms with van der Waals surface area (Å²) >= 11 is 5.73. The van der Waals surface area contributed by atoms with Crippen LogP contribution in [0.2, 0.25) is 5.02 Å². The SMILES string of the molecule is CC[C@@H]1CN2CC[C@H]1C[C@@H]2CNC(=O)c1ccc(F)c(Cl)c1. The molecule has 4 rings (SSSR count). The Morgan fingerprint density at radius 3 is 2.95 bits per heavy atom. The first-order valence-electron chi connectivity index (χ1n) is 8.05. The van der Waals surface area contributed by atoms with Crippen molar-refractivity contribution in [3.63, 3.8) is 0 Å². The van der Waals surface area contributed by atoms with Crippen LogP contribution in [0.5, 0.6) is 0 Å². The number of fused-ring (bicyclic) bond motifs is 3. The fourth-order valence-corrected chi connectivity index (χ4v) is 4.05. The van der Waals surface area contributed by atoms with Crippen molar-refractivity contribution in [1.29, 1.82) is 0 Å². The number of halogens is 2. The van der Waals surface area contributed by atoms with Crippen molar-refractivity contribution in [2.45, 2.75) is 32.2 Å². The highest BCUT2D eigenvalue weighted by Gasteiger charge is 2.38. The highest BCUT2D eigenvalue weighted by molar-refractivity contribution is 6.31. The van der Waals surface area contributed by atoms with E-state index in [0.717, 1.165) is 24.9 Å². The molecule has 4 atom stereocenters. The number of hydrogen-bond donors (Lipinski definition) is 1. The first kappa shape index (κ1) is 15.8. The molecule has 3 fully saturated rings. The van der Waals surface area contributed by atoms with Crippen molar-refractivity contribution in [2.24, 2.45) is 11.8 Å². The molecule has 3 nitrogen and oxygen atoms in total. The molecule has 5 heteroatoms. The lowest BCUT2D eigenvalue weighted by Gasteiger charge is -2.50. The fourth-order valence-electron chi connectivity index (χ4n) is 3.87. The van der Waals surface area contributed by atoms with Crippen LogP contribution in [0, 0.1) is 17.7 Å². The number of benzene rings is 1. The van der Waals surface area contributed by atoms with Gasteiger partial charge in [-0.25, -0.2) is 4.39 Å². The first-order valence-corrected chi connectivity index (χ1v) is 8.43.